The van der Waals surface area contributed by atoms with Crippen LogP contribution in [0.25, 0.3) is 0 Å². The molecule has 0 bridgehead atoms. The molecule has 1 saturated heterocycles. The third-order valence-electron chi connectivity index (χ3n) is 4.27. The van der Waals surface area contributed by atoms with E-state index >= 15 is 0 Å². The van der Waals surface area contributed by atoms with Crippen LogP contribution < -0.4 is 15.2 Å². The van der Waals surface area contributed by atoms with E-state index in [1.807, 2.05) is 12.1 Å². The van der Waals surface area contributed by atoms with Gasteiger partial charge in [-0.1, -0.05) is 11.6 Å². The minimum atomic E-state index is -0.555. The summed E-state index contributed by atoms with van der Waals surface area (Å²) in [6.45, 7) is 2.68. The fourth-order valence-corrected chi connectivity index (χ4v) is 3.29. The van der Waals surface area contributed by atoms with E-state index < -0.39 is 5.91 Å². The maximum Gasteiger partial charge on any atom is 0.255 e. The van der Waals surface area contributed by atoms with Crippen LogP contribution in [0.3, 0.4) is 0 Å². The van der Waals surface area contributed by atoms with Crippen molar-refractivity contribution in [3.05, 3.63) is 22.7 Å². The molecule has 0 aliphatic carbocycles. The largest absolute Gasteiger partial charge is 0.493 e. The number of methoxy groups -OCH3 is 1. The summed E-state index contributed by atoms with van der Waals surface area (Å²) >= 11 is 6.31. The molecule has 0 radical (unpaired) electrons. The van der Waals surface area contributed by atoms with E-state index in [9.17, 15) is 4.79 Å². The Hall–Kier alpha value is -1.50. The first-order valence-corrected chi connectivity index (χ1v) is 8.44. The smallest absolute Gasteiger partial charge is 0.255 e. The third-order valence-corrected chi connectivity index (χ3v) is 4.55. The Morgan fingerprint density at radius 1 is 1.46 bits per heavy atom. The molecule has 7 heteroatoms. The molecule has 1 amide bonds. The van der Waals surface area contributed by atoms with Gasteiger partial charge in [0.25, 0.3) is 5.91 Å². The summed E-state index contributed by atoms with van der Waals surface area (Å²) in [5.41, 5.74) is 6.17. The lowest BCUT2D eigenvalue weighted by Crippen LogP contribution is -2.44. The third kappa shape index (κ3) is 5.00. The van der Waals surface area contributed by atoms with Crippen molar-refractivity contribution >= 4 is 17.5 Å². The molecule has 134 valence electrons. The van der Waals surface area contributed by atoms with Gasteiger partial charge in [-0.05, 0) is 51.2 Å². The lowest BCUT2D eigenvalue weighted by molar-refractivity contribution is -0.119. The van der Waals surface area contributed by atoms with Crippen LogP contribution in [-0.4, -0.2) is 62.7 Å². The summed E-state index contributed by atoms with van der Waals surface area (Å²) < 4.78 is 10.7. The molecular weight excluding hydrogens is 330 g/mol. The zero-order valence-electron chi connectivity index (χ0n) is 14.5. The van der Waals surface area contributed by atoms with Crippen molar-refractivity contribution in [1.29, 1.82) is 0 Å². The minimum absolute atomic E-state index is 0.230. The molecule has 1 fully saturated rings. The topological polar surface area (TPSA) is 68.0 Å². The SMILES string of the molecule is COc1cc(CN2CCCC(N(C)C)C2)cc(Cl)c1OCC(N)=O. The number of amides is 1. The van der Waals surface area contributed by atoms with E-state index in [4.69, 9.17) is 26.8 Å². The second-order valence-corrected chi connectivity index (χ2v) is 6.77. The van der Waals surface area contributed by atoms with Gasteiger partial charge in [-0.15, -0.1) is 0 Å². The number of hydrogen-bond acceptors (Lipinski definition) is 5. The molecule has 0 aromatic heterocycles. The van der Waals surface area contributed by atoms with Gasteiger partial charge < -0.3 is 20.1 Å². The standard InChI is InChI=1S/C17H26ClN3O3/c1-20(2)13-5-4-6-21(10-13)9-12-7-14(18)17(15(8-12)23-3)24-11-16(19)22/h7-8,13H,4-6,9-11H2,1-3H3,(H2,19,22). The van der Waals surface area contributed by atoms with Crippen molar-refractivity contribution in [3.63, 3.8) is 0 Å². The number of hydrogen-bond donors (Lipinski definition) is 1. The van der Waals surface area contributed by atoms with E-state index in [-0.39, 0.29) is 6.61 Å². The summed E-state index contributed by atoms with van der Waals surface area (Å²) in [5, 5.41) is 0.423. The number of ether oxygens (including phenoxy) is 2. The Bertz CT molecular complexity index is 580. The van der Waals surface area contributed by atoms with E-state index in [2.05, 4.69) is 23.9 Å². The lowest BCUT2D eigenvalue weighted by atomic mass is 10.0. The number of carbonyl (C=O) groups is 1. The van der Waals surface area contributed by atoms with Crippen molar-refractivity contribution in [1.82, 2.24) is 9.80 Å². The van der Waals surface area contributed by atoms with Crippen LogP contribution in [0.15, 0.2) is 12.1 Å². The van der Waals surface area contributed by atoms with Crippen LogP contribution in [0.1, 0.15) is 18.4 Å². The molecule has 24 heavy (non-hydrogen) atoms. The highest BCUT2D eigenvalue weighted by Crippen LogP contribution is 2.37. The molecule has 1 unspecified atom stereocenters. The summed E-state index contributed by atoms with van der Waals surface area (Å²) in [5.74, 6) is 0.312. The van der Waals surface area contributed by atoms with Crippen LogP contribution in [0.5, 0.6) is 11.5 Å². The number of benzene rings is 1. The lowest BCUT2D eigenvalue weighted by Gasteiger charge is -2.36. The van der Waals surface area contributed by atoms with Gasteiger partial charge >= 0.3 is 0 Å². The Kier molecular flexibility index (Phi) is 6.71. The number of nitrogens with zero attached hydrogens (tertiary/aromatic N) is 2. The molecule has 1 aromatic rings. The Morgan fingerprint density at radius 3 is 2.83 bits per heavy atom. The Balaban J connectivity index is 2.10. The van der Waals surface area contributed by atoms with Gasteiger partial charge in [0.2, 0.25) is 0 Å². The molecule has 2 N–H and O–H groups in total. The van der Waals surface area contributed by atoms with Crippen LogP contribution in [0.2, 0.25) is 5.02 Å². The van der Waals surface area contributed by atoms with E-state index in [0.717, 1.165) is 25.2 Å². The first-order valence-electron chi connectivity index (χ1n) is 8.07. The van der Waals surface area contributed by atoms with Crippen LogP contribution in [0, 0.1) is 0 Å². The summed E-state index contributed by atoms with van der Waals surface area (Å²) in [6, 6.07) is 4.34. The zero-order chi connectivity index (χ0) is 17.7. The number of piperidine rings is 1. The fourth-order valence-electron chi connectivity index (χ4n) is 3.00. The molecule has 1 aromatic carbocycles. The predicted molar refractivity (Wildman–Crippen MR) is 94.7 cm³/mol. The molecule has 0 saturated carbocycles. The number of likely N-dealkylation sites (N-methyl/N-ethyl adjacent to an activating group) is 1. The second kappa shape index (κ2) is 8.55. The van der Waals surface area contributed by atoms with Crippen LogP contribution in [-0.2, 0) is 11.3 Å². The molecule has 1 aliphatic rings. The number of halogens is 1. The van der Waals surface area contributed by atoms with Gasteiger partial charge in [-0.25, -0.2) is 0 Å². The van der Waals surface area contributed by atoms with Gasteiger partial charge in [-0.2, -0.15) is 0 Å². The fraction of sp³-hybridized carbons (Fsp3) is 0.588. The van der Waals surface area contributed by atoms with Crippen molar-refractivity contribution < 1.29 is 14.3 Å². The molecule has 1 heterocycles. The number of likely N-dealkylation sites (tertiary alicyclic amines) is 1. The van der Waals surface area contributed by atoms with Crippen molar-refractivity contribution in [2.24, 2.45) is 5.73 Å². The quantitative estimate of drug-likeness (QED) is 0.807. The maximum atomic E-state index is 10.9. The maximum absolute atomic E-state index is 10.9. The second-order valence-electron chi connectivity index (χ2n) is 6.36. The summed E-state index contributed by atoms with van der Waals surface area (Å²) in [7, 11) is 5.80. The number of carbonyl (C=O) groups excluding carboxylic acids is 1. The highest BCUT2D eigenvalue weighted by Gasteiger charge is 2.22. The monoisotopic (exact) mass is 355 g/mol. The Labute approximate surface area is 148 Å². The molecule has 2 rings (SSSR count). The average Bonchev–Trinajstić information content (AvgIpc) is 2.53. The number of nitrogens with two attached hydrogens (primary N) is 1. The van der Waals surface area contributed by atoms with Gasteiger partial charge in [0.1, 0.15) is 0 Å². The predicted octanol–water partition coefficient (Wildman–Crippen LogP) is 1.74. The molecule has 1 aliphatic heterocycles. The van der Waals surface area contributed by atoms with Crippen LogP contribution in [0.4, 0.5) is 0 Å². The Morgan fingerprint density at radius 2 is 2.21 bits per heavy atom. The first kappa shape index (κ1) is 18.8. The zero-order valence-corrected chi connectivity index (χ0v) is 15.3. The van der Waals surface area contributed by atoms with E-state index in [1.165, 1.54) is 12.8 Å². The van der Waals surface area contributed by atoms with Crippen molar-refractivity contribution in [2.45, 2.75) is 25.4 Å². The molecule has 6 nitrogen and oxygen atoms in total. The van der Waals surface area contributed by atoms with Crippen molar-refractivity contribution in [3.8, 4) is 11.5 Å². The van der Waals surface area contributed by atoms with Gasteiger partial charge in [0.15, 0.2) is 18.1 Å². The first-order chi connectivity index (χ1) is 11.4. The minimum Gasteiger partial charge on any atom is -0.493 e. The van der Waals surface area contributed by atoms with E-state index in [1.54, 1.807) is 7.11 Å². The van der Waals surface area contributed by atoms with Crippen LogP contribution >= 0.6 is 11.6 Å². The molecule has 0 spiro atoms. The van der Waals surface area contributed by atoms with Crippen molar-refractivity contribution in [2.75, 3.05) is 40.9 Å². The van der Waals surface area contributed by atoms with Gasteiger partial charge in [0, 0.05) is 19.1 Å². The molecular formula is C17H26ClN3O3. The highest BCUT2D eigenvalue weighted by atomic mass is 35.5. The summed E-state index contributed by atoms with van der Waals surface area (Å²) in [6.07, 6.45) is 2.42. The highest BCUT2D eigenvalue weighted by molar-refractivity contribution is 6.32. The normalized spacial score (nSPS) is 18.6. The summed E-state index contributed by atoms with van der Waals surface area (Å²) in [4.78, 5) is 15.6. The van der Waals surface area contributed by atoms with E-state index in [0.29, 0.717) is 22.6 Å². The van der Waals surface area contributed by atoms with Gasteiger partial charge in [0.05, 0.1) is 12.1 Å². The molecule has 1 atom stereocenters. The average molecular weight is 356 g/mol. The van der Waals surface area contributed by atoms with Gasteiger partial charge in [-0.3, -0.25) is 9.69 Å². The number of rotatable bonds is 7. The number of primary amides is 1.